The van der Waals surface area contributed by atoms with Gasteiger partial charge in [-0.05, 0) is 55.9 Å². The SMILES string of the molecule is COCCCC1(CN)CCC(C)(C)CC1. The summed E-state index contributed by atoms with van der Waals surface area (Å²) in [5, 5.41) is 0. The summed E-state index contributed by atoms with van der Waals surface area (Å²) in [7, 11) is 1.78. The molecule has 0 bridgehead atoms. The molecule has 0 atom stereocenters. The van der Waals surface area contributed by atoms with Gasteiger partial charge in [-0.1, -0.05) is 13.8 Å². The minimum atomic E-state index is 0.425. The molecule has 1 aliphatic carbocycles. The smallest absolute Gasteiger partial charge is 0.0462 e. The van der Waals surface area contributed by atoms with E-state index in [4.69, 9.17) is 10.5 Å². The van der Waals surface area contributed by atoms with Crippen LogP contribution in [0.15, 0.2) is 0 Å². The summed E-state index contributed by atoms with van der Waals surface area (Å²) in [4.78, 5) is 0. The van der Waals surface area contributed by atoms with Crippen LogP contribution in [0.3, 0.4) is 0 Å². The number of hydrogen-bond donors (Lipinski definition) is 1. The lowest BCUT2D eigenvalue weighted by Crippen LogP contribution is -2.37. The largest absolute Gasteiger partial charge is 0.385 e. The van der Waals surface area contributed by atoms with Crippen LogP contribution < -0.4 is 5.73 Å². The van der Waals surface area contributed by atoms with Crippen molar-refractivity contribution in [2.75, 3.05) is 20.3 Å². The molecule has 2 heteroatoms. The van der Waals surface area contributed by atoms with E-state index in [-0.39, 0.29) is 0 Å². The number of ether oxygens (including phenoxy) is 1. The third kappa shape index (κ3) is 3.76. The van der Waals surface area contributed by atoms with Gasteiger partial charge in [0.2, 0.25) is 0 Å². The first kappa shape index (κ1) is 13.0. The summed E-state index contributed by atoms with van der Waals surface area (Å²) in [5.74, 6) is 0. The van der Waals surface area contributed by atoms with Crippen molar-refractivity contribution < 1.29 is 4.74 Å². The zero-order chi connectivity index (χ0) is 11.4. The van der Waals surface area contributed by atoms with E-state index in [1.807, 2.05) is 0 Å². The average molecular weight is 213 g/mol. The van der Waals surface area contributed by atoms with Gasteiger partial charge in [0.15, 0.2) is 0 Å². The monoisotopic (exact) mass is 213 g/mol. The average Bonchev–Trinajstić information content (AvgIpc) is 2.22. The Balaban J connectivity index is 2.41. The van der Waals surface area contributed by atoms with E-state index in [1.54, 1.807) is 7.11 Å². The van der Waals surface area contributed by atoms with Gasteiger partial charge in [0.25, 0.3) is 0 Å². The molecular weight excluding hydrogens is 186 g/mol. The maximum atomic E-state index is 5.97. The van der Waals surface area contributed by atoms with Crippen molar-refractivity contribution in [1.29, 1.82) is 0 Å². The van der Waals surface area contributed by atoms with E-state index in [2.05, 4.69) is 13.8 Å². The van der Waals surface area contributed by atoms with Crippen molar-refractivity contribution in [1.82, 2.24) is 0 Å². The van der Waals surface area contributed by atoms with Gasteiger partial charge in [-0.2, -0.15) is 0 Å². The second-order valence-electron chi connectivity index (χ2n) is 5.96. The second kappa shape index (κ2) is 5.31. The van der Waals surface area contributed by atoms with Gasteiger partial charge in [0.05, 0.1) is 0 Å². The van der Waals surface area contributed by atoms with Gasteiger partial charge in [-0.15, -0.1) is 0 Å². The maximum absolute atomic E-state index is 5.97. The van der Waals surface area contributed by atoms with Gasteiger partial charge in [0.1, 0.15) is 0 Å². The van der Waals surface area contributed by atoms with Gasteiger partial charge >= 0.3 is 0 Å². The third-order valence-electron chi connectivity index (χ3n) is 4.15. The van der Waals surface area contributed by atoms with Crippen molar-refractivity contribution in [3.63, 3.8) is 0 Å². The van der Waals surface area contributed by atoms with E-state index >= 15 is 0 Å². The molecule has 0 unspecified atom stereocenters. The molecule has 1 rings (SSSR count). The fourth-order valence-electron chi connectivity index (χ4n) is 2.60. The molecule has 0 heterocycles. The fraction of sp³-hybridized carbons (Fsp3) is 1.00. The van der Waals surface area contributed by atoms with Crippen molar-refractivity contribution >= 4 is 0 Å². The first-order chi connectivity index (χ1) is 7.04. The Labute approximate surface area is 94.6 Å². The highest BCUT2D eigenvalue weighted by Gasteiger charge is 2.36. The van der Waals surface area contributed by atoms with Crippen LogP contribution in [0.4, 0.5) is 0 Å². The van der Waals surface area contributed by atoms with Crippen LogP contribution in [-0.4, -0.2) is 20.3 Å². The molecule has 0 aromatic carbocycles. The molecule has 0 aromatic rings. The summed E-state index contributed by atoms with van der Waals surface area (Å²) < 4.78 is 5.12. The van der Waals surface area contributed by atoms with Crippen molar-refractivity contribution in [3.05, 3.63) is 0 Å². The lowest BCUT2D eigenvalue weighted by molar-refractivity contribution is 0.0860. The van der Waals surface area contributed by atoms with E-state index in [0.717, 1.165) is 19.6 Å². The van der Waals surface area contributed by atoms with Gasteiger partial charge in [0, 0.05) is 13.7 Å². The van der Waals surface area contributed by atoms with Crippen LogP contribution in [0.2, 0.25) is 0 Å². The van der Waals surface area contributed by atoms with Gasteiger partial charge in [-0.25, -0.2) is 0 Å². The van der Waals surface area contributed by atoms with E-state index < -0.39 is 0 Å². The quantitative estimate of drug-likeness (QED) is 0.713. The van der Waals surface area contributed by atoms with Crippen molar-refractivity contribution in [2.45, 2.75) is 52.4 Å². The molecule has 2 N–H and O–H groups in total. The Bertz CT molecular complexity index is 179. The molecule has 0 spiro atoms. The number of hydrogen-bond acceptors (Lipinski definition) is 2. The van der Waals surface area contributed by atoms with E-state index in [1.165, 1.54) is 32.1 Å². The minimum absolute atomic E-state index is 0.425. The standard InChI is InChI=1S/C13H27NO/c1-12(2)6-8-13(11-14,9-7-12)5-4-10-15-3/h4-11,14H2,1-3H3. The van der Waals surface area contributed by atoms with Crippen molar-refractivity contribution in [3.8, 4) is 0 Å². The zero-order valence-corrected chi connectivity index (χ0v) is 10.6. The molecule has 2 nitrogen and oxygen atoms in total. The Hall–Kier alpha value is -0.0800. The molecule has 0 aliphatic heterocycles. The molecule has 1 aliphatic rings. The summed E-state index contributed by atoms with van der Waals surface area (Å²) in [6, 6.07) is 0. The highest BCUT2D eigenvalue weighted by molar-refractivity contribution is 4.89. The second-order valence-corrected chi connectivity index (χ2v) is 5.96. The van der Waals surface area contributed by atoms with Crippen molar-refractivity contribution in [2.24, 2.45) is 16.6 Å². The predicted octanol–water partition coefficient (Wildman–Crippen LogP) is 2.96. The lowest BCUT2D eigenvalue weighted by atomic mass is 9.63. The lowest BCUT2D eigenvalue weighted by Gasteiger charge is -2.43. The fourth-order valence-corrected chi connectivity index (χ4v) is 2.60. The normalized spacial score (nSPS) is 24.0. The molecule has 90 valence electrons. The number of rotatable bonds is 5. The highest BCUT2D eigenvalue weighted by atomic mass is 16.5. The molecule has 0 aromatic heterocycles. The molecular formula is C13H27NO. The van der Waals surface area contributed by atoms with Crippen LogP contribution in [0, 0.1) is 10.8 Å². The Morgan fingerprint density at radius 2 is 1.73 bits per heavy atom. The topological polar surface area (TPSA) is 35.2 Å². The molecule has 0 radical (unpaired) electrons. The van der Waals surface area contributed by atoms with Crippen LogP contribution in [0.25, 0.3) is 0 Å². The van der Waals surface area contributed by atoms with E-state index in [0.29, 0.717) is 10.8 Å². The summed E-state index contributed by atoms with van der Waals surface area (Å²) in [5.41, 5.74) is 6.93. The van der Waals surface area contributed by atoms with Gasteiger partial charge < -0.3 is 10.5 Å². The van der Waals surface area contributed by atoms with E-state index in [9.17, 15) is 0 Å². The summed E-state index contributed by atoms with van der Waals surface area (Å²) in [6.07, 6.45) is 7.68. The Morgan fingerprint density at radius 3 is 2.20 bits per heavy atom. The highest BCUT2D eigenvalue weighted by Crippen LogP contribution is 2.46. The Morgan fingerprint density at radius 1 is 1.13 bits per heavy atom. The zero-order valence-electron chi connectivity index (χ0n) is 10.6. The van der Waals surface area contributed by atoms with Crippen LogP contribution in [0.1, 0.15) is 52.4 Å². The van der Waals surface area contributed by atoms with Crippen LogP contribution in [0.5, 0.6) is 0 Å². The predicted molar refractivity (Wildman–Crippen MR) is 64.8 cm³/mol. The first-order valence-electron chi connectivity index (χ1n) is 6.23. The third-order valence-corrected chi connectivity index (χ3v) is 4.15. The summed E-state index contributed by atoms with van der Waals surface area (Å²) >= 11 is 0. The maximum Gasteiger partial charge on any atom is 0.0462 e. The van der Waals surface area contributed by atoms with Crippen LogP contribution >= 0.6 is 0 Å². The molecule has 0 saturated heterocycles. The molecule has 0 amide bonds. The number of nitrogens with two attached hydrogens (primary N) is 1. The minimum Gasteiger partial charge on any atom is -0.385 e. The molecule has 1 saturated carbocycles. The molecule has 1 fully saturated rings. The Kier molecular flexibility index (Phi) is 4.60. The molecule has 15 heavy (non-hydrogen) atoms. The first-order valence-corrected chi connectivity index (χ1v) is 6.23. The number of methoxy groups -OCH3 is 1. The van der Waals surface area contributed by atoms with Crippen LogP contribution in [-0.2, 0) is 4.74 Å². The van der Waals surface area contributed by atoms with Gasteiger partial charge in [-0.3, -0.25) is 0 Å². The summed E-state index contributed by atoms with van der Waals surface area (Å²) in [6.45, 7) is 6.49.